The molecule has 0 aliphatic carbocycles. The molecule has 1 atom stereocenters. The third-order valence-corrected chi connectivity index (χ3v) is 3.61. The molecule has 0 amide bonds. The molecule has 18 heavy (non-hydrogen) atoms. The maximum Gasteiger partial charge on any atom is 0.134 e. The van der Waals surface area contributed by atoms with Crippen LogP contribution in [0.15, 0.2) is 17.8 Å². The molecule has 5 heteroatoms. The molecule has 0 saturated carbocycles. The number of nitrogens with two attached hydrogens (primary N) is 1. The van der Waals surface area contributed by atoms with Crippen molar-refractivity contribution in [3.63, 3.8) is 0 Å². The van der Waals surface area contributed by atoms with Gasteiger partial charge in [-0.2, -0.15) is 0 Å². The summed E-state index contributed by atoms with van der Waals surface area (Å²) in [5.74, 6) is 0.814. The molecule has 2 N–H and O–H groups in total. The number of rotatable bonds is 5. The van der Waals surface area contributed by atoms with E-state index >= 15 is 0 Å². The molecule has 4 nitrogen and oxygen atoms in total. The SMILES string of the molecule is CCC(N)Cc1cnc(Cc2csc(C)n2)nc1. The Morgan fingerprint density at radius 3 is 2.61 bits per heavy atom. The first-order chi connectivity index (χ1) is 8.67. The van der Waals surface area contributed by atoms with Gasteiger partial charge in [-0.3, -0.25) is 0 Å². The van der Waals surface area contributed by atoms with Gasteiger partial charge in [-0.05, 0) is 25.3 Å². The fraction of sp³-hybridized carbons (Fsp3) is 0.462. The number of aromatic nitrogens is 3. The summed E-state index contributed by atoms with van der Waals surface area (Å²) >= 11 is 1.65. The van der Waals surface area contributed by atoms with Gasteiger partial charge in [-0.15, -0.1) is 11.3 Å². The van der Waals surface area contributed by atoms with E-state index in [-0.39, 0.29) is 6.04 Å². The van der Waals surface area contributed by atoms with E-state index < -0.39 is 0 Å². The van der Waals surface area contributed by atoms with E-state index in [0.717, 1.165) is 34.9 Å². The van der Waals surface area contributed by atoms with Gasteiger partial charge in [0.2, 0.25) is 0 Å². The van der Waals surface area contributed by atoms with Gasteiger partial charge in [0.25, 0.3) is 0 Å². The van der Waals surface area contributed by atoms with Crippen molar-refractivity contribution >= 4 is 11.3 Å². The summed E-state index contributed by atoms with van der Waals surface area (Å²) < 4.78 is 0. The predicted molar refractivity (Wildman–Crippen MR) is 73.7 cm³/mol. The van der Waals surface area contributed by atoms with Gasteiger partial charge in [0.1, 0.15) is 5.82 Å². The summed E-state index contributed by atoms with van der Waals surface area (Å²) in [6, 6.07) is 0.195. The number of aryl methyl sites for hydroxylation is 1. The second-order valence-electron chi connectivity index (χ2n) is 4.41. The van der Waals surface area contributed by atoms with Crippen LogP contribution in [0.2, 0.25) is 0 Å². The molecule has 0 aliphatic rings. The lowest BCUT2D eigenvalue weighted by molar-refractivity contribution is 0.642. The minimum Gasteiger partial charge on any atom is -0.327 e. The first-order valence-electron chi connectivity index (χ1n) is 6.13. The highest BCUT2D eigenvalue weighted by atomic mass is 32.1. The molecule has 0 aliphatic heterocycles. The highest BCUT2D eigenvalue weighted by Gasteiger charge is 2.05. The van der Waals surface area contributed by atoms with Gasteiger partial charge in [0.15, 0.2) is 0 Å². The van der Waals surface area contributed by atoms with Crippen molar-refractivity contribution in [3.8, 4) is 0 Å². The van der Waals surface area contributed by atoms with E-state index in [9.17, 15) is 0 Å². The fourth-order valence-corrected chi connectivity index (χ4v) is 2.29. The maximum atomic E-state index is 5.91. The first-order valence-corrected chi connectivity index (χ1v) is 7.01. The Morgan fingerprint density at radius 2 is 2.06 bits per heavy atom. The molecule has 0 bridgehead atoms. The van der Waals surface area contributed by atoms with Crippen LogP contribution < -0.4 is 5.73 Å². The zero-order valence-corrected chi connectivity index (χ0v) is 11.6. The molecule has 1 unspecified atom stereocenters. The molecular formula is C13H18N4S. The summed E-state index contributed by atoms with van der Waals surface area (Å²) in [4.78, 5) is 13.1. The zero-order chi connectivity index (χ0) is 13.0. The van der Waals surface area contributed by atoms with Gasteiger partial charge in [0.05, 0.1) is 17.1 Å². The van der Waals surface area contributed by atoms with Crippen LogP contribution in [0.3, 0.4) is 0 Å². The molecule has 2 aromatic rings. The van der Waals surface area contributed by atoms with Gasteiger partial charge >= 0.3 is 0 Å². The molecule has 0 spiro atoms. The van der Waals surface area contributed by atoms with Crippen molar-refractivity contribution in [2.45, 2.75) is 39.2 Å². The second-order valence-corrected chi connectivity index (χ2v) is 5.48. The molecule has 0 aromatic carbocycles. The molecule has 2 aromatic heterocycles. The summed E-state index contributed by atoms with van der Waals surface area (Å²) in [6.07, 6.45) is 6.26. The molecule has 0 fully saturated rings. The van der Waals surface area contributed by atoms with Crippen LogP contribution in [0, 0.1) is 6.92 Å². The van der Waals surface area contributed by atoms with Gasteiger partial charge < -0.3 is 5.73 Å². The van der Waals surface area contributed by atoms with E-state index in [1.807, 2.05) is 19.3 Å². The Morgan fingerprint density at radius 1 is 1.33 bits per heavy atom. The largest absolute Gasteiger partial charge is 0.327 e. The van der Waals surface area contributed by atoms with Crippen molar-refractivity contribution < 1.29 is 0 Å². The third kappa shape index (κ3) is 3.58. The zero-order valence-electron chi connectivity index (χ0n) is 10.8. The van der Waals surface area contributed by atoms with Gasteiger partial charge in [-0.25, -0.2) is 15.0 Å². The lowest BCUT2D eigenvalue weighted by Gasteiger charge is -2.07. The van der Waals surface area contributed by atoms with Gasteiger partial charge in [-0.1, -0.05) is 6.92 Å². The fourth-order valence-electron chi connectivity index (χ4n) is 1.68. The number of nitrogens with zero attached hydrogens (tertiary/aromatic N) is 3. The summed E-state index contributed by atoms with van der Waals surface area (Å²) in [7, 11) is 0. The third-order valence-electron chi connectivity index (χ3n) is 2.79. The Labute approximate surface area is 111 Å². The van der Waals surface area contributed by atoms with E-state index in [1.165, 1.54) is 0 Å². The first kappa shape index (κ1) is 13.1. The molecule has 2 heterocycles. The highest BCUT2D eigenvalue weighted by molar-refractivity contribution is 7.09. The van der Waals surface area contributed by atoms with Crippen LogP contribution in [-0.4, -0.2) is 21.0 Å². The summed E-state index contributed by atoms with van der Waals surface area (Å²) in [5, 5.41) is 3.13. The van der Waals surface area contributed by atoms with Crippen LogP contribution in [-0.2, 0) is 12.8 Å². The average Bonchev–Trinajstić information content (AvgIpc) is 2.77. The number of hydrogen-bond donors (Lipinski definition) is 1. The Balaban J connectivity index is 1.99. The maximum absolute atomic E-state index is 5.91. The summed E-state index contributed by atoms with van der Waals surface area (Å²) in [6.45, 7) is 4.09. The normalized spacial score (nSPS) is 12.6. The second kappa shape index (κ2) is 6.02. The quantitative estimate of drug-likeness (QED) is 0.896. The average molecular weight is 262 g/mol. The molecule has 2 rings (SSSR count). The van der Waals surface area contributed by atoms with Crippen molar-refractivity contribution in [1.29, 1.82) is 0 Å². The predicted octanol–water partition coefficient (Wildman–Crippen LogP) is 2.11. The van der Waals surface area contributed by atoms with Crippen molar-refractivity contribution in [3.05, 3.63) is 39.9 Å². The molecule has 0 radical (unpaired) electrons. The number of hydrogen-bond acceptors (Lipinski definition) is 5. The van der Waals surface area contributed by atoms with Crippen LogP contribution in [0.25, 0.3) is 0 Å². The number of thiazole rings is 1. The van der Waals surface area contributed by atoms with Crippen LogP contribution in [0.1, 0.15) is 35.4 Å². The Hall–Kier alpha value is -1.33. The monoisotopic (exact) mass is 262 g/mol. The van der Waals surface area contributed by atoms with Crippen LogP contribution in [0.5, 0.6) is 0 Å². The molecular weight excluding hydrogens is 244 g/mol. The smallest absolute Gasteiger partial charge is 0.134 e. The lowest BCUT2D eigenvalue weighted by Crippen LogP contribution is -2.21. The van der Waals surface area contributed by atoms with E-state index in [0.29, 0.717) is 6.42 Å². The molecule has 0 saturated heterocycles. The van der Waals surface area contributed by atoms with E-state index in [1.54, 1.807) is 11.3 Å². The highest BCUT2D eigenvalue weighted by Crippen LogP contribution is 2.11. The Kier molecular flexibility index (Phi) is 4.38. The van der Waals surface area contributed by atoms with Crippen molar-refractivity contribution in [2.75, 3.05) is 0 Å². The van der Waals surface area contributed by atoms with E-state index in [2.05, 4.69) is 27.3 Å². The van der Waals surface area contributed by atoms with E-state index in [4.69, 9.17) is 5.73 Å². The standard InChI is InChI=1S/C13H18N4S/c1-3-11(14)4-10-6-15-13(16-7-10)5-12-8-18-9(2)17-12/h6-8,11H,3-5,14H2,1-2H3. The van der Waals surface area contributed by atoms with Gasteiger partial charge in [0, 0.05) is 23.8 Å². The minimum absolute atomic E-state index is 0.195. The van der Waals surface area contributed by atoms with Crippen molar-refractivity contribution in [2.24, 2.45) is 5.73 Å². The molecule has 96 valence electrons. The lowest BCUT2D eigenvalue weighted by atomic mass is 10.1. The van der Waals surface area contributed by atoms with Crippen molar-refractivity contribution in [1.82, 2.24) is 15.0 Å². The summed E-state index contributed by atoms with van der Waals surface area (Å²) in [5.41, 5.74) is 8.04. The van der Waals surface area contributed by atoms with Crippen LogP contribution in [0.4, 0.5) is 0 Å². The Bertz CT molecular complexity index is 492. The minimum atomic E-state index is 0.195. The van der Waals surface area contributed by atoms with Crippen LogP contribution >= 0.6 is 11.3 Å². The topological polar surface area (TPSA) is 64.7 Å².